The van der Waals surface area contributed by atoms with E-state index in [1.54, 1.807) is 6.20 Å². The third-order valence-corrected chi connectivity index (χ3v) is 4.14. The Morgan fingerprint density at radius 1 is 1.45 bits per heavy atom. The van der Waals surface area contributed by atoms with E-state index in [4.69, 9.17) is 4.74 Å². The zero-order valence-corrected chi connectivity index (χ0v) is 11.6. The van der Waals surface area contributed by atoms with Crippen molar-refractivity contribution in [1.29, 1.82) is 0 Å². The number of fused-ring (bicyclic) bond motifs is 1. The summed E-state index contributed by atoms with van der Waals surface area (Å²) in [5, 5.41) is 2.94. The summed E-state index contributed by atoms with van der Waals surface area (Å²) in [6, 6.07) is 6.16. The average molecular weight is 275 g/mol. The lowest BCUT2D eigenvalue weighted by Crippen LogP contribution is -2.51. The maximum atomic E-state index is 12.1. The first-order valence-electron chi connectivity index (χ1n) is 7.35. The van der Waals surface area contributed by atoms with Gasteiger partial charge in [-0.25, -0.2) is 0 Å². The Labute approximate surface area is 119 Å². The molecule has 1 aromatic rings. The number of rotatable bonds is 4. The van der Waals surface area contributed by atoms with Gasteiger partial charge >= 0.3 is 0 Å². The van der Waals surface area contributed by atoms with E-state index in [1.807, 2.05) is 18.2 Å². The summed E-state index contributed by atoms with van der Waals surface area (Å²) in [6.07, 6.45) is 5.58. The van der Waals surface area contributed by atoms with Gasteiger partial charge in [0.25, 0.3) is 0 Å². The van der Waals surface area contributed by atoms with Gasteiger partial charge in [0.1, 0.15) is 0 Å². The molecule has 0 bridgehead atoms. The number of pyridine rings is 1. The second-order valence-electron chi connectivity index (χ2n) is 5.48. The van der Waals surface area contributed by atoms with Crippen molar-refractivity contribution in [2.75, 3.05) is 19.7 Å². The Hall–Kier alpha value is -1.46. The number of nitrogens with zero attached hydrogens (tertiary/aromatic N) is 2. The third-order valence-electron chi connectivity index (χ3n) is 4.14. The number of amides is 1. The lowest BCUT2D eigenvalue weighted by molar-refractivity contribution is -0.126. The summed E-state index contributed by atoms with van der Waals surface area (Å²) in [5.74, 6) is 0.0724. The van der Waals surface area contributed by atoms with Crippen LogP contribution in [0, 0.1) is 0 Å². The molecular weight excluding hydrogens is 254 g/mol. The van der Waals surface area contributed by atoms with Crippen LogP contribution in [0.4, 0.5) is 0 Å². The molecule has 1 saturated carbocycles. The molecule has 5 nitrogen and oxygen atoms in total. The predicted octanol–water partition coefficient (Wildman–Crippen LogP) is 0.951. The van der Waals surface area contributed by atoms with Crippen molar-refractivity contribution < 1.29 is 9.53 Å². The van der Waals surface area contributed by atoms with Crippen molar-refractivity contribution in [2.24, 2.45) is 0 Å². The molecule has 5 heteroatoms. The molecule has 0 aromatic carbocycles. The van der Waals surface area contributed by atoms with Crippen LogP contribution in [0.25, 0.3) is 0 Å². The smallest absolute Gasteiger partial charge is 0.234 e. The van der Waals surface area contributed by atoms with Gasteiger partial charge < -0.3 is 10.1 Å². The molecule has 2 fully saturated rings. The number of carbonyl (C=O) groups is 1. The first-order chi connectivity index (χ1) is 9.83. The number of hydrogen-bond donors (Lipinski definition) is 1. The van der Waals surface area contributed by atoms with Gasteiger partial charge in [-0.3, -0.25) is 14.7 Å². The van der Waals surface area contributed by atoms with E-state index >= 15 is 0 Å². The molecule has 1 aliphatic carbocycles. The van der Waals surface area contributed by atoms with Crippen molar-refractivity contribution in [3.05, 3.63) is 30.1 Å². The number of morpholine rings is 1. The fourth-order valence-electron chi connectivity index (χ4n) is 3.13. The standard InChI is InChI=1S/C15H21N3O2/c19-15(17-10-12-4-1-2-7-16-12)11-18-8-9-20-14-6-3-5-13(14)18/h1-2,4,7,13-14H,3,5-6,8-11H2,(H,17,19)/t13-,14-/m1/s1. The van der Waals surface area contributed by atoms with Crippen LogP contribution in [0.5, 0.6) is 0 Å². The van der Waals surface area contributed by atoms with Gasteiger partial charge in [0.2, 0.25) is 5.91 Å². The summed E-state index contributed by atoms with van der Waals surface area (Å²) in [4.78, 5) is 18.5. The number of nitrogens with one attached hydrogen (secondary N) is 1. The lowest BCUT2D eigenvalue weighted by Gasteiger charge is -2.37. The van der Waals surface area contributed by atoms with E-state index < -0.39 is 0 Å². The predicted molar refractivity (Wildman–Crippen MR) is 75.0 cm³/mol. The van der Waals surface area contributed by atoms with E-state index in [1.165, 1.54) is 6.42 Å². The highest BCUT2D eigenvalue weighted by Gasteiger charge is 2.36. The molecule has 20 heavy (non-hydrogen) atoms. The molecule has 0 spiro atoms. The average Bonchev–Trinajstić information content (AvgIpc) is 2.96. The van der Waals surface area contributed by atoms with E-state index in [0.717, 1.165) is 31.7 Å². The molecular formula is C15H21N3O2. The van der Waals surface area contributed by atoms with Crippen molar-refractivity contribution in [3.63, 3.8) is 0 Å². The summed E-state index contributed by atoms with van der Waals surface area (Å²) in [5.41, 5.74) is 0.890. The van der Waals surface area contributed by atoms with Crippen LogP contribution < -0.4 is 5.32 Å². The maximum absolute atomic E-state index is 12.1. The van der Waals surface area contributed by atoms with Crippen LogP contribution in [-0.4, -0.2) is 47.6 Å². The van der Waals surface area contributed by atoms with Crippen LogP contribution in [0.1, 0.15) is 25.0 Å². The Kier molecular flexibility index (Phi) is 4.28. The minimum atomic E-state index is 0.0724. The summed E-state index contributed by atoms with van der Waals surface area (Å²) < 4.78 is 5.76. The molecule has 1 saturated heterocycles. The SMILES string of the molecule is O=C(CN1CCO[C@@H]2CCC[C@H]21)NCc1ccccn1. The zero-order valence-electron chi connectivity index (χ0n) is 11.6. The van der Waals surface area contributed by atoms with E-state index in [0.29, 0.717) is 25.2 Å². The van der Waals surface area contributed by atoms with Crippen LogP contribution in [0.2, 0.25) is 0 Å². The first-order valence-corrected chi connectivity index (χ1v) is 7.35. The minimum absolute atomic E-state index is 0.0724. The number of ether oxygens (including phenoxy) is 1. The van der Waals surface area contributed by atoms with Crippen molar-refractivity contribution in [2.45, 2.75) is 38.0 Å². The Balaban J connectivity index is 1.48. The van der Waals surface area contributed by atoms with Gasteiger partial charge in [-0.1, -0.05) is 6.07 Å². The molecule has 1 aromatic heterocycles. The van der Waals surface area contributed by atoms with Crippen molar-refractivity contribution >= 4 is 5.91 Å². The van der Waals surface area contributed by atoms with E-state index in [9.17, 15) is 4.79 Å². The number of aromatic nitrogens is 1. The summed E-state index contributed by atoms with van der Waals surface area (Å²) in [7, 11) is 0. The molecule has 2 atom stereocenters. The largest absolute Gasteiger partial charge is 0.375 e. The van der Waals surface area contributed by atoms with Crippen molar-refractivity contribution in [1.82, 2.24) is 15.2 Å². The zero-order chi connectivity index (χ0) is 13.8. The highest BCUT2D eigenvalue weighted by Crippen LogP contribution is 2.29. The van der Waals surface area contributed by atoms with E-state index in [-0.39, 0.29) is 5.91 Å². The fraction of sp³-hybridized carbons (Fsp3) is 0.600. The van der Waals surface area contributed by atoms with Gasteiger partial charge in [0, 0.05) is 18.8 Å². The second kappa shape index (κ2) is 6.33. The van der Waals surface area contributed by atoms with Crippen LogP contribution in [0.15, 0.2) is 24.4 Å². The molecule has 1 N–H and O–H groups in total. The molecule has 0 unspecified atom stereocenters. The van der Waals surface area contributed by atoms with Crippen LogP contribution in [-0.2, 0) is 16.1 Å². The highest BCUT2D eigenvalue weighted by atomic mass is 16.5. The Morgan fingerprint density at radius 3 is 3.25 bits per heavy atom. The Morgan fingerprint density at radius 2 is 2.40 bits per heavy atom. The van der Waals surface area contributed by atoms with Gasteiger partial charge in [-0.15, -0.1) is 0 Å². The molecule has 2 aliphatic rings. The minimum Gasteiger partial charge on any atom is -0.375 e. The quantitative estimate of drug-likeness (QED) is 0.889. The van der Waals surface area contributed by atoms with Gasteiger partial charge in [0.05, 0.1) is 31.5 Å². The molecule has 0 radical (unpaired) electrons. The van der Waals surface area contributed by atoms with Crippen molar-refractivity contribution in [3.8, 4) is 0 Å². The monoisotopic (exact) mass is 275 g/mol. The van der Waals surface area contributed by atoms with E-state index in [2.05, 4.69) is 15.2 Å². The van der Waals surface area contributed by atoms with Gasteiger partial charge in [-0.05, 0) is 31.4 Å². The van der Waals surface area contributed by atoms with Gasteiger partial charge in [-0.2, -0.15) is 0 Å². The molecule has 1 aliphatic heterocycles. The first kappa shape index (κ1) is 13.5. The lowest BCUT2D eigenvalue weighted by atomic mass is 10.1. The molecule has 3 rings (SSSR count). The molecule has 108 valence electrons. The van der Waals surface area contributed by atoms with Gasteiger partial charge in [0.15, 0.2) is 0 Å². The summed E-state index contributed by atoms with van der Waals surface area (Å²) >= 11 is 0. The summed E-state index contributed by atoms with van der Waals surface area (Å²) in [6.45, 7) is 2.57. The highest BCUT2D eigenvalue weighted by molar-refractivity contribution is 5.78. The Bertz CT molecular complexity index is 452. The molecule has 1 amide bonds. The van der Waals surface area contributed by atoms with Crippen LogP contribution in [0.3, 0.4) is 0 Å². The second-order valence-corrected chi connectivity index (χ2v) is 5.48. The normalized spacial score (nSPS) is 26.2. The number of hydrogen-bond acceptors (Lipinski definition) is 4. The maximum Gasteiger partial charge on any atom is 0.234 e. The third kappa shape index (κ3) is 3.16. The fourth-order valence-corrected chi connectivity index (χ4v) is 3.13. The molecule has 2 heterocycles. The number of carbonyl (C=O) groups excluding carboxylic acids is 1. The van der Waals surface area contributed by atoms with Crippen LogP contribution >= 0.6 is 0 Å². The topological polar surface area (TPSA) is 54.5 Å².